The summed E-state index contributed by atoms with van der Waals surface area (Å²) >= 11 is 12.2. The maximum Gasteiger partial charge on any atom is 0.312 e. The van der Waals surface area contributed by atoms with Crippen LogP contribution in [0.15, 0.2) is 48.5 Å². The van der Waals surface area contributed by atoms with Crippen LogP contribution < -0.4 is 4.90 Å². The Bertz CT molecular complexity index is 884. The Morgan fingerprint density at radius 2 is 1.57 bits per heavy atom. The Morgan fingerprint density at radius 1 is 1.00 bits per heavy atom. The lowest BCUT2D eigenvalue weighted by atomic mass is 9.92. The number of hydrogen-bond donors (Lipinski definition) is 1. The highest BCUT2D eigenvalue weighted by atomic mass is 35.5. The number of amides is 1. The highest BCUT2D eigenvalue weighted by molar-refractivity contribution is 6.30. The van der Waals surface area contributed by atoms with Crippen molar-refractivity contribution >= 4 is 40.8 Å². The molecule has 1 aliphatic rings. The fraction of sp³-hybridized carbons (Fsp3) is 0.391. The van der Waals surface area contributed by atoms with E-state index in [-0.39, 0.29) is 18.0 Å². The molecule has 0 spiro atoms. The van der Waals surface area contributed by atoms with Gasteiger partial charge in [-0.05, 0) is 54.3 Å². The first kappa shape index (κ1) is 22.4. The first-order chi connectivity index (χ1) is 14.2. The van der Waals surface area contributed by atoms with Crippen LogP contribution in [0.25, 0.3) is 0 Å². The second-order valence-corrected chi connectivity index (χ2v) is 8.98. The van der Waals surface area contributed by atoms with Gasteiger partial charge in [-0.1, -0.05) is 49.2 Å². The molecule has 0 aliphatic carbocycles. The number of carboxylic acid groups (broad SMARTS) is 1. The van der Waals surface area contributed by atoms with E-state index in [1.807, 2.05) is 48.5 Å². The van der Waals surface area contributed by atoms with Crippen LogP contribution in [0.4, 0.5) is 5.69 Å². The molecular formula is C23H26Cl2N2O3. The predicted octanol–water partition coefficient (Wildman–Crippen LogP) is 5.27. The van der Waals surface area contributed by atoms with Crippen molar-refractivity contribution in [1.29, 1.82) is 0 Å². The third kappa shape index (κ3) is 5.46. The van der Waals surface area contributed by atoms with Gasteiger partial charge in [0.2, 0.25) is 5.91 Å². The highest BCUT2D eigenvalue weighted by Crippen LogP contribution is 2.37. The van der Waals surface area contributed by atoms with E-state index in [0.717, 1.165) is 17.7 Å². The molecule has 1 heterocycles. The maximum atomic E-state index is 12.6. The zero-order chi connectivity index (χ0) is 21.8. The van der Waals surface area contributed by atoms with E-state index in [9.17, 15) is 9.59 Å². The molecule has 0 unspecified atom stereocenters. The molecular weight excluding hydrogens is 423 g/mol. The van der Waals surface area contributed by atoms with Crippen molar-refractivity contribution in [3.63, 3.8) is 0 Å². The molecule has 2 atom stereocenters. The molecule has 2 aromatic carbocycles. The van der Waals surface area contributed by atoms with E-state index in [2.05, 4.69) is 18.7 Å². The van der Waals surface area contributed by atoms with Crippen LogP contribution in [0.5, 0.6) is 0 Å². The predicted molar refractivity (Wildman–Crippen MR) is 120 cm³/mol. The summed E-state index contributed by atoms with van der Waals surface area (Å²) in [5, 5.41) is 10.4. The highest BCUT2D eigenvalue weighted by Gasteiger charge is 2.37. The summed E-state index contributed by atoms with van der Waals surface area (Å²) in [4.78, 5) is 27.8. The van der Waals surface area contributed by atoms with Gasteiger partial charge in [-0.15, -0.1) is 0 Å². The molecule has 2 aromatic rings. The molecule has 5 nitrogen and oxygen atoms in total. The minimum atomic E-state index is -1.11. The summed E-state index contributed by atoms with van der Waals surface area (Å²) < 4.78 is 0. The summed E-state index contributed by atoms with van der Waals surface area (Å²) in [7, 11) is 0. The normalized spacial score (nSPS) is 19.2. The van der Waals surface area contributed by atoms with Crippen molar-refractivity contribution in [3.05, 3.63) is 64.1 Å². The Morgan fingerprint density at radius 3 is 2.10 bits per heavy atom. The van der Waals surface area contributed by atoms with Gasteiger partial charge in [0.1, 0.15) is 6.42 Å². The van der Waals surface area contributed by atoms with Crippen molar-refractivity contribution in [3.8, 4) is 0 Å². The number of anilines is 1. The van der Waals surface area contributed by atoms with Crippen molar-refractivity contribution in [2.24, 2.45) is 5.92 Å². The van der Waals surface area contributed by atoms with Gasteiger partial charge in [0.15, 0.2) is 0 Å². The lowest BCUT2D eigenvalue weighted by Crippen LogP contribution is -2.57. The number of benzene rings is 2. The number of halogens is 2. The quantitative estimate of drug-likeness (QED) is 0.611. The van der Waals surface area contributed by atoms with Gasteiger partial charge >= 0.3 is 5.97 Å². The molecule has 160 valence electrons. The van der Waals surface area contributed by atoms with Crippen LogP contribution >= 0.6 is 23.2 Å². The summed E-state index contributed by atoms with van der Waals surface area (Å²) in [5.74, 6) is -1.06. The fourth-order valence-electron chi connectivity index (χ4n) is 4.10. The average Bonchev–Trinajstić information content (AvgIpc) is 2.68. The minimum Gasteiger partial charge on any atom is -0.481 e. The van der Waals surface area contributed by atoms with Crippen molar-refractivity contribution in [2.75, 3.05) is 18.0 Å². The van der Waals surface area contributed by atoms with Gasteiger partial charge in [-0.3, -0.25) is 9.59 Å². The molecule has 1 amide bonds. The number of aliphatic carboxylic acids is 1. The zero-order valence-electron chi connectivity index (χ0n) is 17.1. The molecule has 7 heteroatoms. The summed E-state index contributed by atoms with van der Waals surface area (Å²) in [6.45, 7) is 5.19. The van der Waals surface area contributed by atoms with E-state index < -0.39 is 12.4 Å². The molecule has 3 rings (SSSR count). The first-order valence-corrected chi connectivity index (χ1v) is 10.8. The standard InChI is InChI=1S/C23H26Cl2N2O3/c1-15(2)11-20-13-26(22(28)12-23(29)30)14-21(16-3-5-17(24)6-4-16)27(20)19-9-7-18(25)8-10-19/h3-10,15,20-21H,11-14H2,1-2H3,(H,29,30)/t20-,21-/m0/s1. The topological polar surface area (TPSA) is 60.9 Å². The number of rotatable bonds is 6. The first-order valence-electron chi connectivity index (χ1n) is 10.0. The van der Waals surface area contributed by atoms with E-state index >= 15 is 0 Å². The van der Waals surface area contributed by atoms with Crippen molar-refractivity contribution in [1.82, 2.24) is 4.90 Å². The van der Waals surface area contributed by atoms with E-state index in [1.54, 1.807) is 4.90 Å². The SMILES string of the molecule is CC(C)C[C@H]1CN(C(=O)CC(=O)O)C[C@@H](c2ccc(Cl)cc2)N1c1ccc(Cl)cc1. The number of nitrogens with zero attached hydrogens (tertiary/aromatic N) is 2. The molecule has 0 aromatic heterocycles. The summed E-state index contributed by atoms with van der Waals surface area (Å²) in [5.41, 5.74) is 2.05. The molecule has 0 saturated carbocycles. The molecule has 0 radical (unpaired) electrons. The molecule has 1 fully saturated rings. The summed E-state index contributed by atoms with van der Waals surface area (Å²) in [6.07, 6.45) is 0.367. The fourth-order valence-corrected chi connectivity index (χ4v) is 4.35. The van der Waals surface area contributed by atoms with Crippen LogP contribution in [0, 0.1) is 5.92 Å². The van der Waals surface area contributed by atoms with Crippen LogP contribution in [0.3, 0.4) is 0 Å². The smallest absolute Gasteiger partial charge is 0.312 e. The van der Waals surface area contributed by atoms with Gasteiger partial charge in [0, 0.05) is 34.9 Å². The van der Waals surface area contributed by atoms with Gasteiger partial charge in [-0.25, -0.2) is 0 Å². The van der Waals surface area contributed by atoms with Gasteiger partial charge in [-0.2, -0.15) is 0 Å². The Labute approximate surface area is 187 Å². The van der Waals surface area contributed by atoms with E-state index in [0.29, 0.717) is 29.1 Å². The second kappa shape index (κ2) is 9.71. The van der Waals surface area contributed by atoms with Gasteiger partial charge in [0.05, 0.1) is 6.04 Å². The third-order valence-corrected chi connectivity index (χ3v) is 5.84. The summed E-state index contributed by atoms with van der Waals surface area (Å²) in [6, 6.07) is 15.2. The Hall–Kier alpha value is -2.24. The van der Waals surface area contributed by atoms with Crippen LogP contribution in [0.1, 0.15) is 38.3 Å². The van der Waals surface area contributed by atoms with Gasteiger partial charge < -0.3 is 14.9 Å². The molecule has 0 bridgehead atoms. The third-order valence-electron chi connectivity index (χ3n) is 5.33. The number of carbonyl (C=O) groups is 2. The molecule has 1 N–H and O–H groups in total. The molecule has 1 aliphatic heterocycles. The van der Waals surface area contributed by atoms with Crippen molar-refractivity contribution in [2.45, 2.75) is 38.8 Å². The number of hydrogen-bond acceptors (Lipinski definition) is 3. The van der Waals surface area contributed by atoms with Crippen LogP contribution in [0.2, 0.25) is 10.0 Å². The number of carbonyl (C=O) groups excluding carboxylic acids is 1. The van der Waals surface area contributed by atoms with E-state index in [1.165, 1.54) is 0 Å². The monoisotopic (exact) mass is 448 g/mol. The maximum absolute atomic E-state index is 12.6. The van der Waals surface area contributed by atoms with Crippen molar-refractivity contribution < 1.29 is 14.7 Å². The van der Waals surface area contributed by atoms with Crippen LogP contribution in [-0.4, -0.2) is 41.0 Å². The Balaban J connectivity index is 2.03. The van der Waals surface area contributed by atoms with Crippen LogP contribution in [-0.2, 0) is 9.59 Å². The average molecular weight is 449 g/mol. The second-order valence-electron chi connectivity index (χ2n) is 8.10. The zero-order valence-corrected chi connectivity index (χ0v) is 18.6. The lowest BCUT2D eigenvalue weighted by molar-refractivity contribution is -0.144. The molecule has 1 saturated heterocycles. The Kier molecular flexibility index (Phi) is 7.27. The molecule has 30 heavy (non-hydrogen) atoms. The number of piperazine rings is 1. The van der Waals surface area contributed by atoms with Gasteiger partial charge in [0.25, 0.3) is 0 Å². The number of carboxylic acids is 1. The lowest BCUT2D eigenvalue weighted by Gasteiger charge is -2.49. The van der Waals surface area contributed by atoms with E-state index in [4.69, 9.17) is 28.3 Å². The largest absolute Gasteiger partial charge is 0.481 e. The minimum absolute atomic E-state index is 0.0401.